The summed E-state index contributed by atoms with van der Waals surface area (Å²) in [7, 11) is 4.56. The van der Waals surface area contributed by atoms with Gasteiger partial charge in [-0.05, 0) is 29.3 Å². The third-order valence-electron chi connectivity index (χ3n) is 3.24. The van der Waals surface area contributed by atoms with E-state index < -0.39 is 4.92 Å². The third-order valence-corrected chi connectivity index (χ3v) is 3.24. The zero-order chi connectivity index (χ0) is 16.8. The minimum Gasteiger partial charge on any atom is -0.497 e. The van der Waals surface area contributed by atoms with Gasteiger partial charge in [0.15, 0.2) is 5.75 Å². The molecule has 0 bridgehead atoms. The summed E-state index contributed by atoms with van der Waals surface area (Å²) in [6.45, 7) is 0. The first kappa shape index (κ1) is 16.4. The van der Waals surface area contributed by atoms with Crippen LogP contribution < -0.4 is 14.2 Å². The highest BCUT2D eigenvalue weighted by Gasteiger charge is 2.14. The van der Waals surface area contributed by atoms with E-state index in [0.29, 0.717) is 17.1 Å². The molecule has 120 valence electrons. The topological polar surface area (TPSA) is 70.8 Å². The molecular weight excluding hydrogens is 298 g/mol. The molecule has 0 saturated carbocycles. The number of methoxy groups -OCH3 is 3. The van der Waals surface area contributed by atoms with Crippen molar-refractivity contribution in [3.05, 3.63) is 57.6 Å². The van der Waals surface area contributed by atoms with Gasteiger partial charge in [-0.15, -0.1) is 0 Å². The number of nitrogens with zero attached hydrogens (tertiary/aromatic N) is 1. The molecule has 0 heterocycles. The molecule has 0 radical (unpaired) electrons. The zero-order valence-electron chi connectivity index (χ0n) is 13.1. The molecule has 6 nitrogen and oxygen atoms in total. The molecule has 0 unspecified atom stereocenters. The van der Waals surface area contributed by atoms with Gasteiger partial charge in [-0.3, -0.25) is 10.1 Å². The lowest BCUT2D eigenvalue weighted by Gasteiger charge is -2.06. The second-order valence-electron chi connectivity index (χ2n) is 4.67. The minimum atomic E-state index is -0.468. The van der Waals surface area contributed by atoms with Gasteiger partial charge in [0.2, 0.25) is 0 Å². The summed E-state index contributed by atoms with van der Waals surface area (Å²) >= 11 is 0. The monoisotopic (exact) mass is 315 g/mol. The fraction of sp³-hybridized carbons (Fsp3) is 0.176. The lowest BCUT2D eigenvalue weighted by Crippen LogP contribution is -1.93. The number of rotatable bonds is 6. The van der Waals surface area contributed by atoms with Crippen LogP contribution in [0.1, 0.15) is 11.1 Å². The molecule has 2 aromatic carbocycles. The van der Waals surface area contributed by atoms with Crippen molar-refractivity contribution in [1.82, 2.24) is 0 Å². The highest BCUT2D eigenvalue weighted by Crippen LogP contribution is 2.29. The number of hydrogen-bond acceptors (Lipinski definition) is 5. The fourth-order valence-corrected chi connectivity index (χ4v) is 2.07. The maximum absolute atomic E-state index is 11.0. The molecule has 0 aliphatic heterocycles. The molecule has 0 fully saturated rings. The van der Waals surface area contributed by atoms with Gasteiger partial charge in [0.05, 0.1) is 26.3 Å². The van der Waals surface area contributed by atoms with Crippen molar-refractivity contribution in [3.8, 4) is 17.2 Å². The normalized spacial score (nSPS) is 10.6. The SMILES string of the molecule is COc1cc(/C=C/c2ccc(OC)c([N+](=O)[O-])c2)cc(OC)c1. The van der Waals surface area contributed by atoms with Crippen molar-refractivity contribution in [2.45, 2.75) is 0 Å². The Balaban J connectivity index is 2.33. The van der Waals surface area contributed by atoms with E-state index in [9.17, 15) is 10.1 Å². The summed E-state index contributed by atoms with van der Waals surface area (Å²) in [5.41, 5.74) is 1.48. The highest BCUT2D eigenvalue weighted by atomic mass is 16.6. The molecule has 2 aromatic rings. The maximum Gasteiger partial charge on any atom is 0.311 e. The number of nitro benzene ring substituents is 1. The minimum absolute atomic E-state index is 0.0714. The summed E-state index contributed by atoms with van der Waals surface area (Å²) in [6, 6.07) is 10.2. The van der Waals surface area contributed by atoms with Crippen LogP contribution in [-0.2, 0) is 0 Å². The van der Waals surface area contributed by atoms with Gasteiger partial charge in [0, 0.05) is 12.1 Å². The van der Waals surface area contributed by atoms with E-state index in [-0.39, 0.29) is 11.4 Å². The molecule has 0 saturated heterocycles. The van der Waals surface area contributed by atoms with Crippen LogP contribution in [0.3, 0.4) is 0 Å². The van der Waals surface area contributed by atoms with E-state index in [1.54, 1.807) is 38.5 Å². The van der Waals surface area contributed by atoms with Gasteiger partial charge < -0.3 is 14.2 Å². The van der Waals surface area contributed by atoms with Crippen LogP contribution in [0, 0.1) is 10.1 Å². The summed E-state index contributed by atoms with van der Waals surface area (Å²) < 4.78 is 15.4. The van der Waals surface area contributed by atoms with E-state index in [0.717, 1.165) is 5.56 Å². The molecular formula is C17H17NO5. The van der Waals surface area contributed by atoms with Gasteiger partial charge in [0.1, 0.15) is 11.5 Å². The Morgan fingerprint density at radius 2 is 1.48 bits per heavy atom. The lowest BCUT2D eigenvalue weighted by molar-refractivity contribution is -0.385. The Morgan fingerprint density at radius 3 is 2.00 bits per heavy atom. The molecule has 2 rings (SSSR count). The number of hydrogen-bond donors (Lipinski definition) is 0. The van der Waals surface area contributed by atoms with Crippen molar-refractivity contribution in [2.75, 3.05) is 21.3 Å². The van der Waals surface area contributed by atoms with E-state index in [4.69, 9.17) is 14.2 Å². The Morgan fingerprint density at radius 1 is 0.870 bits per heavy atom. The van der Waals surface area contributed by atoms with Crippen molar-refractivity contribution < 1.29 is 19.1 Å². The summed E-state index contributed by atoms with van der Waals surface area (Å²) in [4.78, 5) is 10.6. The van der Waals surface area contributed by atoms with E-state index in [1.807, 2.05) is 18.2 Å². The van der Waals surface area contributed by atoms with Crippen molar-refractivity contribution >= 4 is 17.8 Å². The number of ether oxygens (including phenoxy) is 3. The van der Waals surface area contributed by atoms with Crippen LogP contribution in [0.15, 0.2) is 36.4 Å². The summed E-state index contributed by atoms with van der Waals surface area (Å²) in [5.74, 6) is 1.57. The summed E-state index contributed by atoms with van der Waals surface area (Å²) in [6.07, 6.45) is 3.61. The molecule has 0 atom stereocenters. The standard InChI is InChI=1S/C17H17NO5/c1-21-14-8-13(9-15(11-14)22-2)5-4-12-6-7-17(23-3)16(10-12)18(19)20/h4-11H,1-3H3/b5-4+. The number of nitro groups is 1. The predicted molar refractivity (Wildman–Crippen MR) is 88.1 cm³/mol. The molecule has 6 heteroatoms. The molecule has 0 aromatic heterocycles. The second kappa shape index (κ2) is 7.31. The Hall–Kier alpha value is -3.02. The fourth-order valence-electron chi connectivity index (χ4n) is 2.07. The van der Waals surface area contributed by atoms with E-state index in [2.05, 4.69) is 0 Å². The van der Waals surface area contributed by atoms with Crippen molar-refractivity contribution in [2.24, 2.45) is 0 Å². The van der Waals surface area contributed by atoms with Gasteiger partial charge >= 0.3 is 5.69 Å². The first-order chi connectivity index (χ1) is 11.1. The molecule has 0 amide bonds. The van der Waals surface area contributed by atoms with Crippen LogP contribution in [0.4, 0.5) is 5.69 Å². The van der Waals surface area contributed by atoms with Crippen LogP contribution in [-0.4, -0.2) is 26.3 Å². The second-order valence-corrected chi connectivity index (χ2v) is 4.67. The molecule has 0 spiro atoms. The van der Waals surface area contributed by atoms with E-state index >= 15 is 0 Å². The van der Waals surface area contributed by atoms with Gasteiger partial charge in [-0.25, -0.2) is 0 Å². The highest BCUT2D eigenvalue weighted by molar-refractivity contribution is 5.72. The smallest absolute Gasteiger partial charge is 0.311 e. The maximum atomic E-state index is 11.0. The van der Waals surface area contributed by atoms with Gasteiger partial charge in [-0.2, -0.15) is 0 Å². The van der Waals surface area contributed by atoms with E-state index in [1.165, 1.54) is 13.2 Å². The van der Waals surface area contributed by atoms with Crippen LogP contribution >= 0.6 is 0 Å². The molecule has 0 aliphatic rings. The first-order valence-corrected chi connectivity index (χ1v) is 6.81. The largest absolute Gasteiger partial charge is 0.497 e. The lowest BCUT2D eigenvalue weighted by atomic mass is 10.1. The third kappa shape index (κ3) is 4.00. The van der Waals surface area contributed by atoms with Crippen LogP contribution in [0.2, 0.25) is 0 Å². The Bertz CT molecular complexity index is 718. The molecule has 23 heavy (non-hydrogen) atoms. The average Bonchev–Trinajstić information content (AvgIpc) is 2.59. The quantitative estimate of drug-likeness (QED) is 0.461. The van der Waals surface area contributed by atoms with Gasteiger partial charge in [0.25, 0.3) is 0 Å². The molecule has 0 N–H and O–H groups in total. The Labute approximate surface area is 134 Å². The van der Waals surface area contributed by atoms with Crippen molar-refractivity contribution in [3.63, 3.8) is 0 Å². The van der Waals surface area contributed by atoms with Crippen LogP contribution in [0.25, 0.3) is 12.2 Å². The predicted octanol–water partition coefficient (Wildman–Crippen LogP) is 3.79. The first-order valence-electron chi connectivity index (χ1n) is 6.81. The van der Waals surface area contributed by atoms with Crippen molar-refractivity contribution in [1.29, 1.82) is 0 Å². The number of benzene rings is 2. The van der Waals surface area contributed by atoms with Crippen LogP contribution in [0.5, 0.6) is 17.2 Å². The summed E-state index contributed by atoms with van der Waals surface area (Å²) in [5, 5.41) is 11.0. The average molecular weight is 315 g/mol. The Kier molecular flexibility index (Phi) is 5.19. The van der Waals surface area contributed by atoms with Gasteiger partial charge in [-0.1, -0.05) is 18.2 Å². The molecule has 0 aliphatic carbocycles. The zero-order valence-corrected chi connectivity index (χ0v) is 13.1.